The van der Waals surface area contributed by atoms with Gasteiger partial charge in [-0.3, -0.25) is 9.78 Å². The highest BCUT2D eigenvalue weighted by Crippen LogP contribution is 2.02. The van der Waals surface area contributed by atoms with Crippen LogP contribution in [0, 0.1) is 0 Å². The van der Waals surface area contributed by atoms with Crippen LogP contribution in [0.3, 0.4) is 0 Å². The smallest absolute Gasteiger partial charge is 0.352 e. The fourth-order valence-corrected chi connectivity index (χ4v) is 1.83. The molecule has 104 valence electrons. The zero-order chi connectivity index (χ0) is 14.4. The normalized spacial score (nSPS) is 10.2. The molecule has 0 fully saturated rings. The number of hydrogen-bond acceptors (Lipinski definition) is 3. The van der Waals surface area contributed by atoms with Crippen molar-refractivity contribution in [2.45, 2.75) is 13.0 Å². The molecule has 1 amide bonds. The van der Waals surface area contributed by atoms with E-state index < -0.39 is 5.97 Å². The number of nitrogens with one attached hydrogen (secondary N) is 1. The molecule has 6 nitrogen and oxygen atoms in total. The third-order valence-electron chi connectivity index (χ3n) is 2.79. The molecule has 0 aliphatic heterocycles. The largest absolute Gasteiger partial charge is 0.477 e. The molecule has 0 unspecified atom stereocenters. The number of amides is 1. The van der Waals surface area contributed by atoms with Gasteiger partial charge >= 0.3 is 5.97 Å². The Morgan fingerprint density at radius 1 is 1.25 bits per heavy atom. The summed E-state index contributed by atoms with van der Waals surface area (Å²) < 4.78 is 1.40. The average Bonchev–Trinajstić information content (AvgIpc) is 2.88. The average molecular weight is 273 g/mol. The number of rotatable bonds is 6. The minimum Gasteiger partial charge on any atom is -0.477 e. The van der Waals surface area contributed by atoms with E-state index in [0.29, 0.717) is 13.0 Å². The fourth-order valence-electron chi connectivity index (χ4n) is 1.83. The lowest BCUT2D eigenvalue weighted by atomic mass is 10.3. The summed E-state index contributed by atoms with van der Waals surface area (Å²) in [6, 6.07) is 8.68. The minimum atomic E-state index is -1.05. The van der Waals surface area contributed by atoms with Gasteiger partial charge in [0.15, 0.2) is 0 Å². The summed E-state index contributed by atoms with van der Waals surface area (Å²) in [7, 11) is 0. The lowest BCUT2D eigenvalue weighted by Gasteiger charge is -2.07. The summed E-state index contributed by atoms with van der Waals surface area (Å²) in [5.41, 5.74) is 1.00. The number of nitrogens with zero attached hydrogens (tertiary/aromatic N) is 2. The number of carbonyl (C=O) groups excluding carboxylic acids is 1. The van der Waals surface area contributed by atoms with Gasteiger partial charge in [-0.15, -0.1) is 0 Å². The maximum atomic E-state index is 11.7. The molecule has 2 rings (SSSR count). The Morgan fingerprint density at radius 3 is 2.80 bits per heavy atom. The lowest BCUT2D eigenvalue weighted by molar-refractivity contribution is -0.121. The van der Waals surface area contributed by atoms with Crippen LogP contribution in [0.15, 0.2) is 42.7 Å². The highest BCUT2D eigenvalue weighted by atomic mass is 16.4. The van der Waals surface area contributed by atoms with Gasteiger partial charge in [0.2, 0.25) is 5.91 Å². The van der Waals surface area contributed by atoms with Crippen LogP contribution in [-0.4, -0.2) is 33.1 Å². The standard InChI is InChI=1S/C14H15N3O3/c18-13(10-17-9-3-5-12(17)14(19)20)16-8-6-11-4-1-2-7-15-11/h1-5,7,9H,6,8,10H2,(H,16,18)(H,19,20). The summed E-state index contributed by atoms with van der Waals surface area (Å²) in [5.74, 6) is -1.27. The van der Waals surface area contributed by atoms with Crippen molar-refractivity contribution in [3.05, 3.63) is 54.1 Å². The number of aromatic carboxylic acids is 1. The molecule has 6 heteroatoms. The van der Waals surface area contributed by atoms with Crippen LogP contribution in [0.25, 0.3) is 0 Å². The summed E-state index contributed by atoms with van der Waals surface area (Å²) in [4.78, 5) is 26.8. The molecule has 2 aromatic rings. The first-order valence-electron chi connectivity index (χ1n) is 6.22. The van der Waals surface area contributed by atoms with Crippen molar-refractivity contribution < 1.29 is 14.7 Å². The number of carbonyl (C=O) groups is 2. The third-order valence-corrected chi connectivity index (χ3v) is 2.79. The second kappa shape index (κ2) is 6.51. The van der Waals surface area contributed by atoms with Gasteiger partial charge in [-0.25, -0.2) is 4.79 Å². The molecule has 0 saturated heterocycles. The summed E-state index contributed by atoms with van der Waals surface area (Å²) in [6.45, 7) is 0.469. The first-order valence-corrected chi connectivity index (χ1v) is 6.22. The summed E-state index contributed by atoms with van der Waals surface area (Å²) in [5, 5.41) is 11.7. The highest BCUT2D eigenvalue weighted by molar-refractivity contribution is 5.86. The SMILES string of the molecule is O=C(Cn1cccc1C(=O)O)NCCc1ccccn1. The van der Waals surface area contributed by atoms with Crippen LogP contribution >= 0.6 is 0 Å². The minimum absolute atomic E-state index is 0.00312. The van der Waals surface area contributed by atoms with Gasteiger partial charge in [0, 0.05) is 31.1 Å². The maximum absolute atomic E-state index is 11.7. The molecular weight excluding hydrogens is 258 g/mol. The van der Waals surface area contributed by atoms with E-state index in [1.54, 1.807) is 18.5 Å². The van der Waals surface area contributed by atoms with Gasteiger partial charge in [0.05, 0.1) is 0 Å². The van der Waals surface area contributed by atoms with Gasteiger partial charge in [-0.2, -0.15) is 0 Å². The van der Waals surface area contributed by atoms with Crippen molar-refractivity contribution in [2.24, 2.45) is 0 Å². The van der Waals surface area contributed by atoms with Crippen LogP contribution in [-0.2, 0) is 17.8 Å². The molecule has 0 aliphatic rings. The van der Waals surface area contributed by atoms with Crippen LogP contribution in [0.1, 0.15) is 16.2 Å². The molecule has 0 atom stereocenters. The Hall–Kier alpha value is -2.63. The first-order chi connectivity index (χ1) is 9.66. The lowest BCUT2D eigenvalue weighted by Crippen LogP contribution is -2.30. The molecule has 2 N–H and O–H groups in total. The van der Waals surface area contributed by atoms with E-state index in [1.807, 2.05) is 18.2 Å². The van der Waals surface area contributed by atoms with Crippen molar-refractivity contribution in [1.82, 2.24) is 14.9 Å². The third kappa shape index (κ3) is 3.68. The van der Waals surface area contributed by atoms with Crippen LogP contribution in [0.4, 0.5) is 0 Å². The topological polar surface area (TPSA) is 84.2 Å². The fraction of sp³-hybridized carbons (Fsp3) is 0.214. The van der Waals surface area contributed by atoms with E-state index in [0.717, 1.165) is 5.69 Å². The Kier molecular flexibility index (Phi) is 4.49. The van der Waals surface area contributed by atoms with Gasteiger partial charge < -0.3 is 15.0 Å². The molecule has 20 heavy (non-hydrogen) atoms. The molecule has 0 radical (unpaired) electrons. The Labute approximate surface area is 116 Å². The van der Waals surface area contributed by atoms with Crippen molar-refractivity contribution in [1.29, 1.82) is 0 Å². The number of aromatic nitrogens is 2. The van der Waals surface area contributed by atoms with Crippen LogP contribution in [0.5, 0.6) is 0 Å². The van der Waals surface area contributed by atoms with Crippen molar-refractivity contribution >= 4 is 11.9 Å². The Balaban J connectivity index is 1.81. The molecule has 0 bridgehead atoms. The van der Waals surface area contributed by atoms with E-state index in [-0.39, 0.29) is 18.1 Å². The first kappa shape index (κ1) is 13.8. The molecule has 2 aromatic heterocycles. The second-order valence-corrected chi connectivity index (χ2v) is 4.25. The van der Waals surface area contributed by atoms with E-state index in [4.69, 9.17) is 5.11 Å². The zero-order valence-electron chi connectivity index (χ0n) is 10.8. The van der Waals surface area contributed by atoms with E-state index in [2.05, 4.69) is 10.3 Å². The number of carboxylic acid groups (broad SMARTS) is 1. The van der Waals surface area contributed by atoms with Crippen LogP contribution in [0.2, 0.25) is 0 Å². The molecular formula is C14H15N3O3. The Morgan fingerprint density at radius 2 is 2.10 bits per heavy atom. The van der Waals surface area contributed by atoms with E-state index in [9.17, 15) is 9.59 Å². The number of pyridine rings is 1. The second-order valence-electron chi connectivity index (χ2n) is 4.25. The molecule has 0 aliphatic carbocycles. The quantitative estimate of drug-likeness (QED) is 0.820. The van der Waals surface area contributed by atoms with Crippen molar-refractivity contribution in [2.75, 3.05) is 6.54 Å². The van der Waals surface area contributed by atoms with Gasteiger partial charge in [0.25, 0.3) is 0 Å². The number of hydrogen-bond donors (Lipinski definition) is 2. The summed E-state index contributed by atoms with van der Waals surface area (Å²) >= 11 is 0. The predicted molar refractivity (Wildman–Crippen MR) is 72.3 cm³/mol. The highest BCUT2D eigenvalue weighted by Gasteiger charge is 2.11. The molecule has 2 heterocycles. The maximum Gasteiger partial charge on any atom is 0.352 e. The van der Waals surface area contributed by atoms with Crippen molar-refractivity contribution in [3.8, 4) is 0 Å². The van der Waals surface area contributed by atoms with E-state index in [1.165, 1.54) is 10.6 Å². The van der Waals surface area contributed by atoms with E-state index >= 15 is 0 Å². The predicted octanol–water partition coefficient (Wildman–Crippen LogP) is 0.940. The molecule has 0 aromatic carbocycles. The van der Waals surface area contributed by atoms with Crippen LogP contribution < -0.4 is 5.32 Å². The van der Waals surface area contributed by atoms with Gasteiger partial charge in [0.1, 0.15) is 12.2 Å². The monoisotopic (exact) mass is 273 g/mol. The zero-order valence-corrected chi connectivity index (χ0v) is 10.8. The van der Waals surface area contributed by atoms with Crippen molar-refractivity contribution in [3.63, 3.8) is 0 Å². The molecule has 0 spiro atoms. The summed E-state index contributed by atoms with van der Waals surface area (Å²) in [6.07, 6.45) is 3.92. The Bertz CT molecular complexity index is 593. The molecule has 0 saturated carbocycles. The van der Waals surface area contributed by atoms with Gasteiger partial charge in [-0.05, 0) is 24.3 Å². The van der Waals surface area contributed by atoms with Gasteiger partial charge in [-0.1, -0.05) is 6.07 Å². The number of carboxylic acids is 1.